The van der Waals surface area contributed by atoms with Gasteiger partial charge in [0.1, 0.15) is 5.75 Å². The molecule has 2 atom stereocenters. The molecular formula is C21H26N2O2. The number of nitrogens with zero attached hydrogens (tertiary/aromatic N) is 1. The number of carbonyl (C=O) groups is 1. The van der Waals surface area contributed by atoms with Crippen LogP contribution in [0.25, 0.3) is 0 Å². The third kappa shape index (κ3) is 3.69. The van der Waals surface area contributed by atoms with Crippen LogP contribution in [0.4, 0.5) is 0 Å². The molecule has 25 heavy (non-hydrogen) atoms. The number of carbonyl (C=O) groups excluding carboxylic acids is 1. The summed E-state index contributed by atoms with van der Waals surface area (Å²) in [7, 11) is 1.66. The van der Waals surface area contributed by atoms with Gasteiger partial charge in [0.2, 0.25) is 5.91 Å². The standard InChI is InChI=1S/C21H26N2O2/c1-3-7-19(22)21(24)23-14-17-12-18(25-2)11-10-16(17)13-20(23)15-8-5-4-6-9-15/h4-6,8-12,19-20H,3,7,13-14,22H2,1-2H3. The first-order valence-corrected chi connectivity index (χ1v) is 8.90. The van der Waals surface area contributed by atoms with Crippen molar-refractivity contribution in [1.29, 1.82) is 0 Å². The molecule has 1 amide bonds. The number of hydrogen-bond acceptors (Lipinski definition) is 3. The Hall–Kier alpha value is -2.33. The van der Waals surface area contributed by atoms with Gasteiger partial charge < -0.3 is 15.4 Å². The maximum absolute atomic E-state index is 13.0. The first-order chi connectivity index (χ1) is 12.1. The molecule has 2 aromatic carbocycles. The Morgan fingerprint density at radius 2 is 2.00 bits per heavy atom. The van der Waals surface area contributed by atoms with Crippen molar-refractivity contribution in [2.45, 2.75) is 44.8 Å². The van der Waals surface area contributed by atoms with E-state index in [1.165, 1.54) is 5.56 Å². The third-order valence-electron chi connectivity index (χ3n) is 4.93. The van der Waals surface area contributed by atoms with Gasteiger partial charge in [-0.25, -0.2) is 0 Å². The normalized spacial score (nSPS) is 17.7. The molecule has 0 bridgehead atoms. The summed E-state index contributed by atoms with van der Waals surface area (Å²) < 4.78 is 5.35. The van der Waals surface area contributed by atoms with E-state index < -0.39 is 6.04 Å². The van der Waals surface area contributed by atoms with Crippen molar-refractivity contribution in [2.75, 3.05) is 7.11 Å². The lowest BCUT2D eigenvalue weighted by atomic mass is 9.89. The molecule has 0 saturated heterocycles. The van der Waals surface area contributed by atoms with Crippen molar-refractivity contribution >= 4 is 5.91 Å². The summed E-state index contributed by atoms with van der Waals surface area (Å²) in [6, 6.07) is 15.9. The Morgan fingerprint density at radius 3 is 2.68 bits per heavy atom. The molecule has 2 aromatic rings. The Morgan fingerprint density at radius 1 is 1.24 bits per heavy atom. The number of hydrogen-bond donors (Lipinski definition) is 1. The van der Waals surface area contributed by atoms with Crippen LogP contribution in [0.2, 0.25) is 0 Å². The second-order valence-electron chi connectivity index (χ2n) is 6.63. The smallest absolute Gasteiger partial charge is 0.240 e. The van der Waals surface area contributed by atoms with Gasteiger partial charge in [-0.3, -0.25) is 4.79 Å². The second kappa shape index (κ2) is 7.70. The fourth-order valence-electron chi connectivity index (χ4n) is 3.54. The van der Waals surface area contributed by atoms with E-state index in [4.69, 9.17) is 10.5 Å². The van der Waals surface area contributed by atoms with Gasteiger partial charge in [-0.05, 0) is 41.7 Å². The van der Waals surface area contributed by atoms with Gasteiger partial charge in [0.15, 0.2) is 0 Å². The van der Waals surface area contributed by atoms with E-state index in [-0.39, 0.29) is 11.9 Å². The number of fused-ring (bicyclic) bond motifs is 1. The molecule has 0 aliphatic carbocycles. The zero-order chi connectivity index (χ0) is 17.8. The average Bonchev–Trinajstić information content (AvgIpc) is 2.66. The molecule has 132 valence electrons. The van der Waals surface area contributed by atoms with Crippen LogP contribution in [0.1, 0.15) is 42.5 Å². The van der Waals surface area contributed by atoms with Gasteiger partial charge in [0.25, 0.3) is 0 Å². The molecule has 0 fully saturated rings. The molecule has 2 unspecified atom stereocenters. The van der Waals surface area contributed by atoms with Gasteiger partial charge in [-0.15, -0.1) is 0 Å². The molecule has 0 aromatic heterocycles. The quantitative estimate of drug-likeness (QED) is 0.908. The summed E-state index contributed by atoms with van der Waals surface area (Å²) in [6.07, 6.45) is 2.41. The summed E-state index contributed by atoms with van der Waals surface area (Å²) in [4.78, 5) is 14.9. The van der Waals surface area contributed by atoms with E-state index in [1.807, 2.05) is 35.2 Å². The molecular weight excluding hydrogens is 312 g/mol. The average molecular weight is 338 g/mol. The predicted molar refractivity (Wildman–Crippen MR) is 99.3 cm³/mol. The molecule has 1 heterocycles. The van der Waals surface area contributed by atoms with Crippen molar-refractivity contribution in [1.82, 2.24) is 4.90 Å². The molecule has 2 N–H and O–H groups in total. The summed E-state index contributed by atoms with van der Waals surface area (Å²) >= 11 is 0. The number of amides is 1. The van der Waals surface area contributed by atoms with Gasteiger partial charge in [-0.2, -0.15) is 0 Å². The van der Waals surface area contributed by atoms with Crippen LogP contribution in [-0.2, 0) is 17.8 Å². The van der Waals surface area contributed by atoms with E-state index >= 15 is 0 Å². The van der Waals surface area contributed by atoms with E-state index in [9.17, 15) is 4.79 Å². The summed E-state index contributed by atoms with van der Waals surface area (Å²) in [6.45, 7) is 2.63. The number of methoxy groups -OCH3 is 1. The Balaban J connectivity index is 1.97. The van der Waals surface area contributed by atoms with Crippen molar-refractivity contribution < 1.29 is 9.53 Å². The molecule has 0 spiro atoms. The minimum atomic E-state index is -0.441. The number of benzene rings is 2. The van der Waals surface area contributed by atoms with Gasteiger partial charge in [0.05, 0.1) is 19.2 Å². The van der Waals surface area contributed by atoms with Crippen molar-refractivity contribution in [3.63, 3.8) is 0 Å². The van der Waals surface area contributed by atoms with Crippen LogP contribution in [0, 0.1) is 0 Å². The topological polar surface area (TPSA) is 55.6 Å². The van der Waals surface area contributed by atoms with Crippen LogP contribution < -0.4 is 10.5 Å². The molecule has 1 aliphatic heterocycles. The highest BCUT2D eigenvalue weighted by Gasteiger charge is 2.33. The Kier molecular flexibility index (Phi) is 5.39. The van der Waals surface area contributed by atoms with Crippen LogP contribution in [0.15, 0.2) is 48.5 Å². The first-order valence-electron chi connectivity index (χ1n) is 8.90. The van der Waals surface area contributed by atoms with Crippen LogP contribution in [0.5, 0.6) is 5.75 Å². The maximum atomic E-state index is 13.0. The Bertz CT molecular complexity index is 730. The minimum Gasteiger partial charge on any atom is -0.497 e. The summed E-state index contributed by atoms with van der Waals surface area (Å²) in [5.41, 5.74) is 9.72. The van der Waals surface area contributed by atoms with Crippen molar-refractivity contribution in [3.05, 3.63) is 65.2 Å². The van der Waals surface area contributed by atoms with Crippen LogP contribution in [0.3, 0.4) is 0 Å². The zero-order valence-electron chi connectivity index (χ0n) is 14.9. The summed E-state index contributed by atoms with van der Waals surface area (Å²) in [5, 5.41) is 0. The van der Waals surface area contributed by atoms with Crippen LogP contribution in [-0.4, -0.2) is 24.0 Å². The van der Waals surface area contributed by atoms with E-state index in [0.717, 1.165) is 29.7 Å². The van der Waals surface area contributed by atoms with Crippen molar-refractivity contribution in [2.24, 2.45) is 5.73 Å². The lowest BCUT2D eigenvalue weighted by Crippen LogP contribution is -2.47. The minimum absolute atomic E-state index is 0.0255. The number of nitrogens with two attached hydrogens (primary N) is 1. The maximum Gasteiger partial charge on any atom is 0.240 e. The lowest BCUT2D eigenvalue weighted by Gasteiger charge is -2.38. The molecule has 4 nitrogen and oxygen atoms in total. The fraction of sp³-hybridized carbons (Fsp3) is 0.381. The number of rotatable bonds is 5. The van der Waals surface area contributed by atoms with E-state index in [1.54, 1.807) is 7.11 Å². The van der Waals surface area contributed by atoms with Crippen LogP contribution >= 0.6 is 0 Å². The molecule has 0 saturated carbocycles. The van der Waals surface area contributed by atoms with E-state index in [2.05, 4.69) is 25.1 Å². The summed E-state index contributed by atoms with van der Waals surface area (Å²) in [5.74, 6) is 0.853. The largest absolute Gasteiger partial charge is 0.497 e. The third-order valence-corrected chi connectivity index (χ3v) is 4.93. The highest BCUT2D eigenvalue weighted by atomic mass is 16.5. The molecule has 1 aliphatic rings. The van der Waals surface area contributed by atoms with Gasteiger partial charge in [-0.1, -0.05) is 49.7 Å². The monoisotopic (exact) mass is 338 g/mol. The SMILES string of the molecule is CCCC(N)C(=O)N1Cc2cc(OC)ccc2CC1c1ccccc1. The molecule has 3 rings (SSSR count). The van der Waals surface area contributed by atoms with Gasteiger partial charge >= 0.3 is 0 Å². The second-order valence-corrected chi connectivity index (χ2v) is 6.63. The fourth-order valence-corrected chi connectivity index (χ4v) is 3.54. The van der Waals surface area contributed by atoms with Gasteiger partial charge in [0, 0.05) is 6.54 Å². The van der Waals surface area contributed by atoms with E-state index in [0.29, 0.717) is 13.0 Å². The number of ether oxygens (including phenoxy) is 1. The highest BCUT2D eigenvalue weighted by molar-refractivity contribution is 5.82. The highest BCUT2D eigenvalue weighted by Crippen LogP contribution is 2.35. The Labute approximate surface area is 149 Å². The predicted octanol–water partition coefficient (Wildman–Crippen LogP) is 3.45. The first kappa shape index (κ1) is 17.5. The van der Waals surface area contributed by atoms with Crippen molar-refractivity contribution in [3.8, 4) is 5.75 Å². The molecule has 0 radical (unpaired) electrons. The molecule has 4 heteroatoms. The lowest BCUT2D eigenvalue weighted by molar-refractivity contribution is -0.136. The zero-order valence-corrected chi connectivity index (χ0v) is 14.9.